The minimum absolute atomic E-state index is 0.0513. The van der Waals surface area contributed by atoms with Crippen LogP contribution in [0.5, 0.6) is 0 Å². The van der Waals surface area contributed by atoms with Crippen molar-refractivity contribution in [1.82, 2.24) is 0 Å². The number of hydrogen-bond acceptors (Lipinski definition) is 0. The van der Waals surface area contributed by atoms with Crippen molar-refractivity contribution in [3.05, 3.63) is 71.8 Å². The van der Waals surface area contributed by atoms with Crippen LogP contribution in [0.15, 0.2) is 60.7 Å². The van der Waals surface area contributed by atoms with Crippen molar-refractivity contribution < 1.29 is 0 Å². The van der Waals surface area contributed by atoms with E-state index in [-0.39, 0.29) is 4.32 Å². The molecule has 0 radical (unpaired) electrons. The van der Waals surface area contributed by atoms with Gasteiger partial charge in [-0.1, -0.05) is 89.9 Å². The molecule has 1 heteroatoms. The molecule has 88 valence electrons. The molecular weight excluding hydrogens is 272 g/mol. The smallest absolute Gasteiger partial charge is 0.0749 e. The predicted molar refractivity (Wildman–Crippen MR) is 77.5 cm³/mol. The summed E-state index contributed by atoms with van der Waals surface area (Å²) < 4.78 is -0.0513. The molecule has 0 aliphatic heterocycles. The van der Waals surface area contributed by atoms with Gasteiger partial charge in [-0.25, -0.2) is 0 Å². The average molecular weight is 289 g/mol. The zero-order chi connectivity index (χ0) is 12.1. The van der Waals surface area contributed by atoms with Gasteiger partial charge in [-0.2, -0.15) is 0 Å². The van der Waals surface area contributed by atoms with E-state index < -0.39 is 0 Å². The molecule has 0 nitrogen and oxygen atoms in total. The van der Waals surface area contributed by atoms with Crippen molar-refractivity contribution in [3.63, 3.8) is 0 Å². The lowest BCUT2D eigenvalue weighted by atomic mass is 9.87. The van der Waals surface area contributed by atoms with E-state index in [1.165, 1.54) is 11.1 Å². The number of hydrogen-bond donors (Lipinski definition) is 0. The topological polar surface area (TPSA) is 0 Å². The highest BCUT2D eigenvalue weighted by Gasteiger charge is 2.29. The number of rotatable bonds is 4. The maximum atomic E-state index is 3.96. The second-order valence-corrected chi connectivity index (χ2v) is 5.64. The molecule has 0 aliphatic rings. The van der Waals surface area contributed by atoms with Crippen molar-refractivity contribution in [1.29, 1.82) is 0 Å². The Morgan fingerprint density at radius 1 is 0.824 bits per heavy atom. The molecule has 0 heterocycles. The summed E-state index contributed by atoms with van der Waals surface area (Å²) in [5.41, 5.74) is 2.65. The fourth-order valence-electron chi connectivity index (χ4n) is 2.20. The summed E-state index contributed by atoms with van der Waals surface area (Å²) in [5, 5.41) is 0. The highest BCUT2D eigenvalue weighted by molar-refractivity contribution is 9.09. The van der Waals surface area contributed by atoms with Gasteiger partial charge in [0.25, 0.3) is 0 Å². The molecule has 0 fully saturated rings. The van der Waals surface area contributed by atoms with Crippen LogP contribution >= 0.6 is 15.9 Å². The zero-order valence-corrected chi connectivity index (χ0v) is 11.7. The molecule has 0 saturated carbocycles. The normalized spacial score (nSPS) is 11.4. The van der Waals surface area contributed by atoms with Gasteiger partial charge >= 0.3 is 0 Å². The van der Waals surface area contributed by atoms with Crippen molar-refractivity contribution in [2.75, 3.05) is 0 Å². The number of alkyl halides is 1. The molecule has 0 amide bonds. The van der Waals surface area contributed by atoms with Gasteiger partial charge < -0.3 is 0 Å². The summed E-state index contributed by atoms with van der Waals surface area (Å²) in [6.45, 7) is 2.22. The fourth-order valence-corrected chi connectivity index (χ4v) is 3.13. The fraction of sp³-hybridized carbons (Fsp3) is 0.250. The molecule has 0 N–H and O–H groups in total. The van der Waals surface area contributed by atoms with Crippen molar-refractivity contribution in [2.45, 2.75) is 24.1 Å². The first kappa shape index (κ1) is 12.4. The molecule has 2 aromatic carbocycles. The Kier molecular flexibility index (Phi) is 4.01. The van der Waals surface area contributed by atoms with Gasteiger partial charge in [-0.15, -0.1) is 0 Å². The van der Waals surface area contributed by atoms with Crippen molar-refractivity contribution >= 4 is 15.9 Å². The molecule has 0 bridgehead atoms. The second-order valence-electron chi connectivity index (χ2n) is 4.28. The third-order valence-corrected chi connectivity index (χ3v) is 4.37. The Labute approximate surface area is 112 Å². The maximum absolute atomic E-state index is 3.96. The van der Waals surface area contributed by atoms with E-state index >= 15 is 0 Å². The third kappa shape index (κ3) is 2.61. The molecule has 17 heavy (non-hydrogen) atoms. The molecule has 0 aliphatic carbocycles. The lowest BCUT2D eigenvalue weighted by molar-refractivity contribution is 0.658. The first-order valence-corrected chi connectivity index (χ1v) is 6.86. The Hall–Kier alpha value is -1.08. The van der Waals surface area contributed by atoms with Crippen molar-refractivity contribution in [2.24, 2.45) is 0 Å². The highest BCUT2D eigenvalue weighted by atomic mass is 79.9. The highest BCUT2D eigenvalue weighted by Crippen LogP contribution is 2.42. The molecule has 0 atom stereocenters. The lowest BCUT2D eigenvalue weighted by Gasteiger charge is -2.28. The van der Waals surface area contributed by atoms with Crippen LogP contribution in [-0.4, -0.2) is 0 Å². The van der Waals surface area contributed by atoms with E-state index in [0.717, 1.165) is 12.8 Å². The van der Waals surface area contributed by atoms with E-state index in [1.807, 2.05) is 0 Å². The quantitative estimate of drug-likeness (QED) is 0.685. The molecule has 2 aromatic rings. The van der Waals surface area contributed by atoms with Crippen LogP contribution in [0.4, 0.5) is 0 Å². The van der Waals surface area contributed by atoms with E-state index in [2.05, 4.69) is 83.5 Å². The van der Waals surface area contributed by atoms with Crippen LogP contribution in [0.2, 0.25) is 0 Å². The standard InChI is InChI=1S/C16H17Br/c1-2-13-16(17,14-9-5-3-6-10-14)15-11-7-4-8-12-15/h3-12H,2,13H2,1H3. The van der Waals surface area contributed by atoms with E-state index in [1.54, 1.807) is 0 Å². The average Bonchev–Trinajstić information content (AvgIpc) is 2.41. The minimum atomic E-state index is -0.0513. The predicted octanol–water partition coefficient (Wildman–Crippen LogP) is 5.13. The van der Waals surface area contributed by atoms with Crippen molar-refractivity contribution in [3.8, 4) is 0 Å². The molecule has 2 rings (SSSR count). The van der Waals surface area contributed by atoms with Gasteiger partial charge in [0.05, 0.1) is 4.32 Å². The first-order chi connectivity index (χ1) is 8.27. The molecule has 0 unspecified atom stereocenters. The largest absolute Gasteiger partial charge is 0.0754 e. The molecule has 0 spiro atoms. The summed E-state index contributed by atoms with van der Waals surface area (Å²) in [7, 11) is 0. The molecule has 0 saturated heterocycles. The summed E-state index contributed by atoms with van der Waals surface area (Å²) in [4.78, 5) is 0. The maximum Gasteiger partial charge on any atom is 0.0754 e. The first-order valence-electron chi connectivity index (χ1n) is 6.07. The number of halogens is 1. The monoisotopic (exact) mass is 288 g/mol. The van der Waals surface area contributed by atoms with Crippen LogP contribution in [0.3, 0.4) is 0 Å². The van der Waals surface area contributed by atoms with Crippen LogP contribution < -0.4 is 0 Å². The number of benzene rings is 2. The lowest BCUT2D eigenvalue weighted by Crippen LogP contribution is -2.19. The summed E-state index contributed by atoms with van der Waals surface area (Å²) in [6.07, 6.45) is 2.25. The Bertz CT molecular complexity index is 408. The van der Waals surface area contributed by atoms with Gasteiger partial charge in [0.1, 0.15) is 0 Å². The SMILES string of the molecule is CCCC(Br)(c1ccccc1)c1ccccc1. The van der Waals surface area contributed by atoms with E-state index in [9.17, 15) is 0 Å². The summed E-state index contributed by atoms with van der Waals surface area (Å²) in [6, 6.07) is 21.3. The molecular formula is C16H17Br. The van der Waals surface area contributed by atoms with Gasteiger partial charge in [0.2, 0.25) is 0 Å². The van der Waals surface area contributed by atoms with Gasteiger partial charge in [0.15, 0.2) is 0 Å². The van der Waals surface area contributed by atoms with Crippen LogP contribution in [0.25, 0.3) is 0 Å². The van der Waals surface area contributed by atoms with Crippen LogP contribution in [0, 0.1) is 0 Å². The van der Waals surface area contributed by atoms with Gasteiger partial charge in [0, 0.05) is 0 Å². The van der Waals surface area contributed by atoms with E-state index in [4.69, 9.17) is 0 Å². The van der Waals surface area contributed by atoms with Gasteiger partial charge in [-0.05, 0) is 17.5 Å². The Morgan fingerprint density at radius 3 is 1.59 bits per heavy atom. The third-order valence-electron chi connectivity index (χ3n) is 3.06. The zero-order valence-electron chi connectivity index (χ0n) is 10.1. The van der Waals surface area contributed by atoms with Crippen LogP contribution in [0.1, 0.15) is 30.9 Å². The summed E-state index contributed by atoms with van der Waals surface area (Å²) in [5.74, 6) is 0. The second kappa shape index (κ2) is 5.50. The summed E-state index contributed by atoms with van der Waals surface area (Å²) >= 11 is 3.96. The van der Waals surface area contributed by atoms with Crippen LogP contribution in [-0.2, 0) is 4.32 Å². The molecule has 0 aromatic heterocycles. The Morgan fingerprint density at radius 2 is 1.24 bits per heavy atom. The van der Waals surface area contributed by atoms with E-state index in [0.29, 0.717) is 0 Å². The minimum Gasteiger partial charge on any atom is -0.0749 e. The Balaban J connectivity index is 2.47. The van der Waals surface area contributed by atoms with Gasteiger partial charge in [-0.3, -0.25) is 0 Å².